The van der Waals surface area contributed by atoms with Crippen LogP contribution in [0.3, 0.4) is 0 Å². The van der Waals surface area contributed by atoms with Gasteiger partial charge in [0.2, 0.25) is 5.91 Å². The number of amides is 4. The van der Waals surface area contributed by atoms with E-state index in [1.807, 2.05) is 32.0 Å². The van der Waals surface area contributed by atoms with E-state index < -0.39 is 23.6 Å². The van der Waals surface area contributed by atoms with Gasteiger partial charge in [-0.1, -0.05) is 35.9 Å². The highest BCUT2D eigenvalue weighted by Gasteiger charge is 2.36. The Balaban J connectivity index is 1.41. The molecule has 11 heteroatoms. The molecule has 3 aromatic carbocycles. The van der Waals surface area contributed by atoms with E-state index in [4.69, 9.17) is 21.1 Å². The number of ether oxygens (including phenoxy) is 2. The minimum Gasteiger partial charge on any atom is -0.490 e. The summed E-state index contributed by atoms with van der Waals surface area (Å²) in [6.45, 7) is 5.24. The number of nitrogens with one attached hydrogen (secondary N) is 2. The zero-order chi connectivity index (χ0) is 29.5. The second-order valence-electron chi connectivity index (χ2n) is 9.12. The quantitative estimate of drug-likeness (QED) is 0.275. The van der Waals surface area contributed by atoms with Gasteiger partial charge in [-0.15, -0.1) is 0 Å². The molecule has 0 atom stereocenters. The summed E-state index contributed by atoms with van der Waals surface area (Å²) in [7, 11) is 0. The summed E-state index contributed by atoms with van der Waals surface area (Å²) in [5.74, 6) is -0.715. The zero-order valence-corrected chi connectivity index (χ0v) is 24.2. The molecule has 2 N–H and O–H groups in total. The molecule has 0 saturated carbocycles. The van der Waals surface area contributed by atoms with Crippen LogP contribution < -0.4 is 20.1 Å². The van der Waals surface area contributed by atoms with Gasteiger partial charge >= 0.3 is 0 Å². The van der Waals surface area contributed by atoms with Gasteiger partial charge in [0.1, 0.15) is 6.54 Å². The molecule has 1 heterocycles. The monoisotopic (exact) mass is 593 g/mol. The minimum atomic E-state index is -0.563. The fraction of sp³-hybridized carbons (Fsp3) is 0.200. The number of hydrogen-bond acceptors (Lipinski definition) is 7. The van der Waals surface area contributed by atoms with Crippen molar-refractivity contribution >= 4 is 63.8 Å². The Labute approximate surface area is 246 Å². The second kappa shape index (κ2) is 13.4. The van der Waals surface area contributed by atoms with Crippen molar-refractivity contribution in [1.82, 2.24) is 4.90 Å². The van der Waals surface area contributed by atoms with Crippen LogP contribution in [0.4, 0.5) is 16.2 Å². The van der Waals surface area contributed by atoms with Crippen molar-refractivity contribution < 1.29 is 28.7 Å². The molecule has 0 spiro atoms. The molecule has 1 aliphatic heterocycles. The number of hydrogen-bond donors (Lipinski definition) is 2. The highest BCUT2D eigenvalue weighted by Crippen LogP contribution is 2.35. The molecule has 0 bridgehead atoms. The van der Waals surface area contributed by atoms with Gasteiger partial charge in [-0.2, -0.15) is 0 Å². The Bertz CT molecular complexity index is 1540. The molecule has 212 valence electrons. The van der Waals surface area contributed by atoms with Crippen LogP contribution >= 0.6 is 23.4 Å². The number of anilines is 2. The first-order valence-electron chi connectivity index (χ1n) is 12.7. The third-order valence-corrected chi connectivity index (χ3v) is 7.02. The Morgan fingerprint density at radius 2 is 1.76 bits per heavy atom. The summed E-state index contributed by atoms with van der Waals surface area (Å²) in [4.78, 5) is 51.6. The van der Waals surface area contributed by atoms with E-state index in [1.54, 1.807) is 55.5 Å². The summed E-state index contributed by atoms with van der Waals surface area (Å²) in [5.41, 5.74) is 3.60. The summed E-state index contributed by atoms with van der Waals surface area (Å²) in [5, 5.41) is 5.44. The summed E-state index contributed by atoms with van der Waals surface area (Å²) < 4.78 is 11.4. The van der Waals surface area contributed by atoms with Crippen molar-refractivity contribution in [2.45, 2.75) is 20.8 Å². The molecular weight excluding hydrogens is 566 g/mol. The maximum Gasteiger partial charge on any atom is 0.294 e. The van der Waals surface area contributed by atoms with Gasteiger partial charge < -0.3 is 20.1 Å². The van der Waals surface area contributed by atoms with Crippen LogP contribution in [-0.4, -0.2) is 47.6 Å². The molecule has 3 aromatic rings. The molecule has 0 aromatic heterocycles. The van der Waals surface area contributed by atoms with Crippen LogP contribution in [0.25, 0.3) is 6.08 Å². The highest BCUT2D eigenvalue weighted by molar-refractivity contribution is 8.18. The van der Waals surface area contributed by atoms with E-state index in [0.717, 1.165) is 27.8 Å². The number of benzene rings is 3. The van der Waals surface area contributed by atoms with Crippen LogP contribution in [0.15, 0.2) is 65.6 Å². The molecular formula is C30H28ClN3O6S. The van der Waals surface area contributed by atoms with Crippen LogP contribution in [-0.2, 0) is 14.4 Å². The molecule has 1 aliphatic rings. The van der Waals surface area contributed by atoms with Gasteiger partial charge in [-0.25, -0.2) is 0 Å². The molecule has 4 amide bonds. The van der Waals surface area contributed by atoms with Crippen molar-refractivity contribution in [3.05, 3.63) is 87.3 Å². The smallest absolute Gasteiger partial charge is 0.294 e. The van der Waals surface area contributed by atoms with Crippen molar-refractivity contribution in [3.8, 4) is 11.5 Å². The number of nitrogens with zero attached hydrogens (tertiary/aromatic N) is 1. The first-order chi connectivity index (χ1) is 19.6. The van der Waals surface area contributed by atoms with E-state index in [1.165, 1.54) is 0 Å². The number of carbonyl (C=O) groups excluding carboxylic acids is 4. The van der Waals surface area contributed by atoms with Crippen LogP contribution in [0.1, 0.15) is 23.6 Å². The molecule has 0 radical (unpaired) electrons. The normalized spacial score (nSPS) is 13.9. The second-order valence-corrected chi connectivity index (χ2v) is 10.6. The number of thioether (sulfide) groups is 1. The van der Waals surface area contributed by atoms with E-state index >= 15 is 0 Å². The lowest BCUT2D eigenvalue weighted by Crippen LogP contribution is -2.36. The Hall–Kier alpha value is -4.28. The van der Waals surface area contributed by atoms with Gasteiger partial charge in [0.25, 0.3) is 17.1 Å². The predicted molar refractivity (Wildman–Crippen MR) is 160 cm³/mol. The van der Waals surface area contributed by atoms with Crippen LogP contribution in [0.2, 0.25) is 5.02 Å². The average Bonchev–Trinajstić information content (AvgIpc) is 3.17. The number of halogens is 1. The lowest BCUT2D eigenvalue weighted by atomic mass is 10.1. The number of imide groups is 1. The van der Waals surface area contributed by atoms with E-state index in [9.17, 15) is 19.2 Å². The molecule has 4 rings (SSSR count). The van der Waals surface area contributed by atoms with E-state index in [-0.39, 0.29) is 17.4 Å². The number of rotatable bonds is 10. The van der Waals surface area contributed by atoms with Gasteiger partial charge in [-0.3, -0.25) is 24.1 Å². The largest absolute Gasteiger partial charge is 0.490 e. The molecule has 0 aliphatic carbocycles. The summed E-state index contributed by atoms with van der Waals surface area (Å²) >= 11 is 6.71. The maximum atomic E-state index is 13.0. The Morgan fingerprint density at radius 1 is 0.951 bits per heavy atom. The van der Waals surface area contributed by atoms with E-state index in [2.05, 4.69) is 10.6 Å². The highest BCUT2D eigenvalue weighted by atomic mass is 35.5. The molecule has 0 unspecified atom stereocenters. The Kier molecular flexibility index (Phi) is 9.69. The average molecular weight is 594 g/mol. The topological polar surface area (TPSA) is 114 Å². The minimum absolute atomic E-state index is 0.173. The van der Waals surface area contributed by atoms with Crippen LogP contribution in [0, 0.1) is 13.8 Å². The van der Waals surface area contributed by atoms with E-state index in [0.29, 0.717) is 40.1 Å². The summed E-state index contributed by atoms with van der Waals surface area (Å²) in [6, 6.07) is 17.3. The first kappa shape index (κ1) is 29.7. The predicted octanol–water partition coefficient (Wildman–Crippen LogP) is 6.05. The SMILES string of the molecule is CCOc1cc(/C=C2/SC(=O)N(CC(=O)Nc3cc(C)ccc3C)C2=O)ccc1OCC(=O)Nc1cccc(Cl)c1. The van der Waals surface area contributed by atoms with Gasteiger partial charge in [0.15, 0.2) is 18.1 Å². The van der Waals surface area contributed by atoms with Crippen LogP contribution in [0.5, 0.6) is 11.5 Å². The van der Waals surface area contributed by atoms with Gasteiger partial charge in [0.05, 0.1) is 11.5 Å². The van der Waals surface area contributed by atoms with Crippen molar-refractivity contribution in [2.24, 2.45) is 0 Å². The maximum absolute atomic E-state index is 13.0. The van der Waals surface area contributed by atoms with Crippen molar-refractivity contribution in [1.29, 1.82) is 0 Å². The fourth-order valence-corrected chi connectivity index (χ4v) is 4.93. The third kappa shape index (κ3) is 7.90. The molecule has 1 saturated heterocycles. The first-order valence-corrected chi connectivity index (χ1v) is 13.9. The van der Waals surface area contributed by atoms with Gasteiger partial charge in [-0.05, 0) is 91.7 Å². The molecule has 41 heavy (non-hydrogen) atoms. The summed E-state index contributed by atoms with van der Waals surface area (Å²) in [6.07, 6.45) is 1.55. The van der Waals surface area contributed by atoms with Crippen molar-refractivity contribution in [2.75, 3.05) is 30.4 Å². The molecule has 9 nitrogen and oxygen atoms in total. The number of aryl methyl sites for hydroxylation is 2. The molecule has 1 fully saturated rings. The lowest BCUT2D eigenvalue weighted by Gasteiger charge is -2.14. The zero-order valence-electron chi connectivity index (χ0n) is 22.7. The lowest BCUT2D eigenvalue weighted by molar-refractivity contribution is -0.127. The number of carbonyl (C=O) groups is 4. The van der Waals surface area contributed by atoms with Gasteiger partial charge in [0, 0.05) is 16.4 Å². The Morgan fingerprint density at radius 3 is 2.51 bits per heavy atom. The van der Waals surface area contributed by atoms with Crippen molar-refractivity contribution in [3.63, 3.8) is 0 Å². The fourth-order valence-electron chi connectivity index (χ4n) is 3.90. The third-order valence-electron chi connectivity index (χ3n) is 5.87. The standard InChI is InChI=1S/C30H28ClN3O6S/c1-4-39-25-13-20(10-11-24(25)40-17-28(36)32-22-7-5-6-21(31)15-22)14-26-29(37)34(30(38)41-26)16-27(35)33-23-12-18(2)8-9-19(23)3/h5-15H,4,16-17H2,1-3H3,(H,32,36)(H,33,35)/b26-14+.